The highest BCUT2D eigenvalue weighted by atomic mass is 32.2. The molecule has 1 rings (SSSR count). The van der Waals surface area contributed by atoms with E-state index in [0.717, 1.165) is 12.8 Å². The van der Waals surface area contributed by atoms with Gasteiger partial charge in [0.15, 0.2) is 0 Å². The highest BCUT2D eigenvalue weighted by Crippen LogP contribution is 2.18. The quantitative estimate of drug-likeness (QED) is 0.752. The molecule has 1 fully saturated rings. The number of rotatable bonds is 6. The lowest BCUT2D eigenvalue weighted by Crippen LogP contribution is -2.50. The van der Waals surface area contributed by atoms with E-state index in [-0.39, 0.29) is 0 Å². The molecule has 1 aliphatic rings. The molecule has 1 heterocycles. The largest absolute Gasteiger partial charge is 0.480 e. The predicted octanol–water partition coefficient (Wildman–Crippen LogP) is 0.806. The Morgan fingerprint density at radius 3 is 2.72 bits per heavy atom. The summed E-state index contributed by atoms with van der Waals surface area (Å²) < 4.78 is 27.8. The van der Waals surface area contributed by atoms with Gasteiger partial charge in [0.05, 0.1) is 0 Å². The molecule has 2 N–H and O–H groups in total. The summed E-state index contributed by atoms with van der Waals surface area (Å²) in [5, 5.41) is 8.97. The van der Waals surface area contributed by atoms with Crippen LogP contribution in [0.25, 0.3) is 0 Å². The third kappa shape index (κ3) is 4.22. The topological polar surface area (TPSA) is 86.7 Å². The van der Waals surface area contributed by atoms with E-state index in [1.54, 1.807) is 0 Å². The summed E-state index contributed by atoms with van der Waals surface area (Å²) in [6.45, 7) is 4.77. The molecular weight excluding hydrogens is 256 g/mol. The van der Waals surface area contributed by atoms with Gasteiger partial charge in [0.2, 0.25) is 0 Å². The van der Waals surface area contributed by atoms with Crippen molar-refractivity contribution in [1.29, 1.82) is 0 Å². The van der Waals surface area contributed by atoms with Crippen LogP contribution in [0.15, 0.2) is 0 Å². The SMILES string of the molecule is CCC[C@@H](NS(=O)(=O)N1CCCC(C)C1)C(=O)O. The van der Waals surface area contributed by atoms with Gasteiger partial charge in [-0.15, -0.1) is 0 Å². The third-order valence-corrected chi connectivity index (χ3v) is 4.72. The van der Waals surface area contributed by atoms with Gasteiger partial charge in [-0.05, 0) is 25.2 Å². The zero-order chi connectivity index (χ0) is 13.8. The fourth-order valence-corrected chi connectivity index (χ4v) is 3.69. The molecule has 1 aliphatic heterocycles. The van der Waals surface area contributed by atoms with Gasteiger partial charge in [0, 0.05) is 13.1 Å². The van der Waals surface area contributed by atoms with E-state index in [0.29, 0.717) is 31.8 Å². The van der Waals surface area contributed by atoms with Gasteiger partial charge in [-0.2, -0.15) is 17.4 Å². The Morgan fingerprint density at radius 1 is 1.56 bits per heavy atom. The number of carboxylic acids is 1. The van der Waals surface area contributed by atoms with Crippen LogP contribution in [0.1, 0.15) is 39.5 Å². The first-order valence-corrected chi connectivity index (χ1v) is 7.81. The second-order valence-electron chi connectivity index (χ2n) is 4.91. The molecule has 0 amide bonds. The van der Waals surface area contributed by atoms with Gasteiger partial charge in [0.25, 0.3) is 10.2 Å². The Bertz CT molecular complexity index is 383. The Labute approximate surface area is 109 Å². The van der Waals surface area contributed by atoms with E-state index in [1.807, 2.05) is 13.8 Å². The maximum absolute atomic E-state index is 12.1. The van der Waals surface area contributed by atoms with Crippen molar-refractivity contribution in [3.63, 3.8) is 0 Å². The van der Waals surface area contributed by atoms with E-state index in [9.17, 15) is 13.2 Å². The smallest absolute Gasteiger partial charge is 0.321 e. The van der Waals surface area contributed by atoms with Crippen LogP contribution in [-0.4, -0.2) is 42.9 Å². The fraction of sp³-hybridized carbons (Fsp3) is 0.909. The number of aliphatic carboxylic acids is 1. The van der Waals surface area contributed by atoms with Crippen LogP contribution < -0.4 is 4.72 Å². The van der Waals surface area contributed by atoms with Gasteiger partial charge in [0.1, 0.15) is 6.04 Å². The molecule has 0 aliphatic carbocycles. The molecule has 0 spiro atoms. The predicted molar refractivity (Wildman–Crippen MR) is 68.4 cm³/mol. The second-order valence-corrected chi connectivity index (χ2v) is 6.61. The first kappa shape index (κ1) is 15.4. The van der Waals surface area contributed by atoms with Crippen molar-refractivity contribution in [2.45, 2.75) is 45.6 Å². The number of hydrogen-bond acceptors (Lipinski definition) is 3. The summed E-state index contributed by atoms with van der Waals surface area (Å²) in [6, 6.07) is -1.03. The van der Waals surface area contributed by atoms with E-state index < -0.39 is 22.2 Å². The summed E-state index contributed by atoms with van der Waals surface area (Å²) in [5.74, 6) is -0.796. The van der Waals surface area contributed by atoms with Gasteiger partial charge < -0.3 is 5.11 Å². The standard InChI is InChI=1S/C11H22N2O4S/c1-3-5-10(11(14)15)12-18(16,17)13-7-4-6-9(2)8-13/h9-10,12H,3-8H2,1-2H3,(H,14,15)/t9?,10-/m1/s1. The molecule has 1 saturated heterocycles. The number of nitrogens with one attached hydrogen (secondary N) is 1. The molecule has 7 heteroatoms. The van der Waals surface area contributed by atoms with Crippen molar-refractivity contribution in [3.8, 4) is 0 Å². The molecule has 1 unspecified atom stereocenters. The van der Waals surface area contributed by atoms with E-state index >= 15 is 0 Å². The van der Waals surface area contributed by atoms with Crippen LogP contribution >= 0.6 is 0 Å². The second kappa shape index (κ2) is 6.49. The van der Waals surface area contributed by atoms with E-state index in [4.69, 9.17) is 5.11 Å². The van der Waals surface area contributed by atoms with Gasteiger partial charge in [-0.3, -0.25) is 4.79 Å². The number of piperidine rings is 1. The summed E-state index contributed by atoms with van der Waals surface area (Å²) in [7, 11) is -3.68. The molecular formula is C11H22N2O4S. The average molecular weight is 278 g/mol. The first-order chi connectivity index (χ1) is 8.36. The number of nitrogens with zero attached hydrogens (tertiary/aromatic N) is 1. The number of hydrogen-bond donors (Lipinski definition) is 2. The highest BCUT2D eigenvalue weighted by Gasteiger charge is 2.31. The average Bonchev–Trinajstić information content (AvgIpc) is 2.28. The monoisotopic (exact) mass is 278 g/mol. The van der Waals surface area contributed by atoms with Crippen molar-refractivity contribution < 1.29 is 18.3 Å². The molecule has 2 atom stereocenters. The Kier molecular flexibility index (Phi) is 5.55. The molecule has 106 valence electrons. The summed E-state index contributed by atoms with van der Waals surface area (Å²) >= 11 is 0. The first-order valence-electron chi connectivity index (χ1n) is 6.37. The molecule has 6 nitrogen and oxygen atoms in total. The maximum Gasteiger partial charge on any atom is 0.321 e. The molecule has 0 aromatic rings. The highest BCUT2D eigenvalue weighted by molar-refractivity contribution is 7.87. The molecule has 0 aromatic heterocycles. The van der Waals surface area contributed by atoms with E-state index in [2.05, 4.69) is 4.72 Å². The van der Waals surface area contributed by atoms with Crippen LogP contribution in [0.2, 0.25) is 0 Å². The fourth-order valence-electron chi connectivity index (χ4n) is 2.14. The van der Waals surface area contributed by atoms with Gasteiger partial charge in [-0.1, -0.05) is 20.3 Å². The molecule has 0 bridgehead atoms. The minimum atomic E-state index is -3.68. The van der Waals surface area contributed by atoms with Gasteiger partial charge in [-0.25, -0.2) is 0 Å². The number of carboxylic acid groups (broad SMARTS) is 1. The third-order valence-electron chi connectivity index (χ3n) is 3.13. The van der Waals surface area contributed by atoms with E-state index in [1.165, 1.54) is 4.31 Å². The molecule has 0 aromatic carbocycles. The molecule has 0 saturated carbocycles. The minimum Gasteiger partial charge on any atom is -0.480 e. The van der Waals surface area contributed by atoms with Crippen LogP contribution in [0.3, 0.4) is 0 Å². The van der Waals surface area contributed by atoms with Crippen molar-refractivity contribution >= 4 is 16.2 Å². The Morgan fingerprint density at radius 2 is 2.22 bits per heavy atom. The summed E-state index contributed by atoms with van der Waals surface area (Å²) in [5.41, 5.74) is 0. The Balaban J connectivity index is 2.70. The van der Waals surface area contributed by atoms with Crippen LogP contribution in [0.4, 0.5) is 0 Å². The lowest BCUT2D eigenvalue weighted by molar-refractivity contribution is -0.139. The maximum atomic E-state index is 12.1. The summed E-state index contributed by atoms with van der Waals surface area (Å²) in [6.07, 6.45) is 2.77. The van der Waals surface area contributed by atoms with Crippen molar-refractivity contribution in [3.05, 3.63) is 0 Å². The van der Waals surface area contributed by atoms with Crippen molar-refractivity contribution in [2.75, 3.05) is 13.1 Å². The summed E-state index contributed by atoms with van der Waals surface area (Å²) in [4.78, 5) is 11.0. The minimum absolute atomic E-state index is 0.304. The molecule has 18 heavy (non-hydrogen) atoms. The van der Waals surface area contributed by atoms with Gasteiger partial charge >= 0.3 is 5.97 Å². The lowest BCUT2D eigenvalue weighted by Gasteiger charge is -2.30. The van der Waals surface area contributed by atoms with Crippen molar-refractivity contribution in [1.82, 2.24) is 9.03 Å². The van der Waals surface area contributed by atoms with Crippen LogP contribution in [0.5, 0.6) is 0 Å². The lowest BCUT2D eigenvalue weighted by atomic mass is 10.0. The van der Waals surface area contributed by atoms with Crippen molar-refractivity contribution in [2.24, 2.45) is 5.92 Å². The zero-order valence-corrected chi connectivity index (χ0v) is 11.7. The van der Waals surface area contributed by atoms with Crippen LogP contribution in [-0.2, 0) is 15.0 Å². The molecule has 0 radical (unpaired) electrons. The Hall–Kier alpha value is -0.660. The van der Waals surface area contributed by atoms with Crippen LogP contribution in [0, 0.1) is 5.92 Å². The zero-order valence-electron chi connectivity index (χ0n) is 10.9. The number of carbonyl (C=O) groups is 1. The normalized spacial score (nSPS) is 23.8.